The molecule has 1 amide bonds. The third-order valence-corrected chi connectivity index (χ3v) is 3.64. The molecule has 0 heterocycles. The van der Waals surface area contributed by atoms with Crippen LogP contribution in [-0.4, -0.2) is 25.0 Å². The van der Waals surface area contributed by atoms with Gasteiger partial charge in [0.25, 0.3) is 0 Å². The van der Waals surface area contributed by atoms with Gasteiger partial charge in [-0.15, -0.1) is 0 Å². The number of methoxy groups -OCH3 is 1. The van der Waals surface area contributed by atoms with Crippen LogP contribution in [0.15, 0.2) is 18.2 Å². The lowest BCUT2D eigenvalue weighted by Gasteiger charge is -2.18. The maximum atomic E-state index is 12.9. The number of alkyl halides is 6. The second kappa shape index (κ2) is 8.95. The molecule has 1 aromatic rings. The molecule has 1 N–H and O–H groups in total. The summed E-state index contributed by atoms with van der Waals surface area (Å²) in [5, 5.41) is 11.0. The Morgan fingerprint density at radius 3 is 2.00 bits per heavy atom. The van der Waals surface area contributed by atoms with Gasteiger partial charge in [-0.1, -0.05) is 0 Å². The summed E-state index contributed by atoms with van der Waals surface area (Å²) < 4.78 is 81.6. The predicted molar refractivity (Wildman–Crippen MR) is 83.5 cm³/mol. The molecule has 0 saturated heterocycles. The molecule has 0 bridgehead atoms. The van der Waals surface area contributed by atoms with E-state index < -0.39 is 59.3 Å². The number of nitrogens with one attached hydrogen (secondary N) is 1. The molecule has 0 spiro atoms. The van der Waals surface area contributed by atoms with Crippen molar-refractivity contribution in [3.05, 3.63) is 34.9 Å². The summed E-state index contributed by atoms with van der Waals surface area (Å²) >= 11 is 0. The summed E-state index contributed by atoms with van der Waals surface area (Å²) in [5.41, 5.74) is -3.63. The quantitative estimate of drug-likeness (QED) is 0.575. The van der Waals surface area contributed by atoms with Crippen molar-refractivity contribution in [2.45, 2.75) is 38.2 Å². The molecule has 0 aromatic heterocycles. The minimum atomic E-state index is -5.04. The van der Waals surface area contributed by atoms with E-state index in [2.05, 4.69) is 10.1 Å². The number of carbonyl (C=O) groups excluding carboxylic acids is 2. The maximum absolute atomic E-state index is 12.9. The maximum Gasteiger partial charge on any atom is 0.416 e. The Morgan fingerprint density at radius 1 is 1.11 bits per heavy atom. The number of rotatable bonds is 6. The number of amides is 1. The standard InChI is InChI=1S/C17H16F6N2O3/c1-9(8-24)3-13(15(27)28-2)25-14(26)6-10-4-11(16(18,19)20)7-12(5-10)17(21,22)23/h4-5,7,9,13H,3,6H2,1-2H3,(H,25,26)/t9-,13-/m1/s1. The summed E-state index contributed by atoms with van der Waals surface area (Å²) in [6.07, 6.45) is -11.0. The number of hydrogen-bond donors (Lipinski definition) is 1. The molecular formula is C17H16F6N2O3. The molecule has 28 heavy (non-hydrogen) atoms. The molecule has 5 nitrogen and oxygen atoms in total. The SMILES string of the molecule is COC(=O)[C@@H](C[C@@H](C)C#N)NC(=O)Cc1cc(C(F)(F)F)cc(C(F)(F)F)c1. The highest BCUT2D eigenvalue weighted by molar-refractivity contribution is 5.85. The van der Waals surface area contributed by atoms with Crippen LogP contribution >= 0.6 is 0 Å². The van der Waals surface area contributed by atoms with Gasteiger partial charge in [-0.05, 0) is 37.1 Å². The molecule has 0 saturated carbocycles. The van der Waals surface area contributed by atoms with Crippen LogP contribution in [0.1, 0.15) is 30.0 Å². The van der Waals surface area contributed by atoms with Crippen molar-refractivity contribution >= 4 is 11.9 Å². The molecule has 1 rings (SSSR count). The molecule has 0 fully saturated rings. The average Bonchev–Trinajstić information content (AvgIpc) is 2.58. The van der Waals surface area contributed by atoms with E-state index in [0.717, 1.165) is 7.11 Å². The zero-order valence-corrected chi connectivity index (χ0v) is 14.7. The monoisotopic (exact) mass is 410 g/mol. The first kappa shape index (κ1) is 23.3. The highest BCUT2D eigenvalue weighted by atomic mass is 19.4. The lowest BCUT2D eigenvalue weighted by Crippen LogP contribution is -2.43. The van der Waals surface area contributed by atoms with Crippen molar-refractivity contribution in [1.29, 1.82) is 5.26 Å². The van der Waals surface area contributed by atoms with Gasteiger partial charge in [0.1, 0.15) is 6.04 Å². The van der Waals surface area contributed by atoms with Gasteiger partial charge in [-0.2, -0.15) is 31.6 Å². The normalized spacial score (nSPS) is 14.0. The number of hydrogen-bond acceptors (Lipinski definition) is 4. The van der Waals surface area contributed by atoms with Gasteiger partial charge in [0.2, 0.25) is 5.91 Å². The Kier molecular flexibility index (Phi) is 7.43. The van der Waals surface area contributed by atoms with Gasteiger partial charge in [0.05, 0.1) is 30.7 Å². The molecule has 0 unspecified atom stereocenters. The minimum absolute atomic E-state index is 0.0484. The first-order valence-electron chi connectivity index (χ1n) is 7.83. The number of carbonyl (C=O) groups is 2. The summed E-state index contributed by atoms with van der Waals surface area (Å²) in [4.78, 5) is 23.7. The van der Waals surface area contributed by atoms with Crippen molar-refractivity contribution < 1.29 is 40.7 Å². The van der Waals surface area contributed by atoms with Gasteiger partial charge in [0, 0.05) is 5.92 Å². The Bertz CT molecular complexity index is 735. The number of nitrogens with zero attached hydrogens (tertiary/aromatic N) is 1. The topological polar surface area (TPSA) is 79.2 Å². The average molecular weight is 410 g/mol. The lowest BCUT2D eigenvalue weighted by atomic mass is 10.0. The van der Waals surface area contributed by atoms with E-state index in [9.17, 15) is 35.9 Å². The third-order valence-electron chi connectivity index (χ3n) is 3.64. The summed E-state index contributed by atoms with van der Waals surface area (Å²) in [7, 11) is 1.03. The van der Waals surface area contributed by atoms with Crippen molar-refractivity contribution in [2.75, 3.05) is 7.11 Å². The van der Waals surface area contributed by atoms with Gasteiger partial charge in [-0.25, -0.2) is 4.79 Å². The minimum Gasteiger partial charge on any atom is -0.467 e. The van der Waals surface area contributed by atoms with E-state index in [-0.39, 0.29) is 12.5 Å². The lowest BCUT2D eigenvalue weighted by molar-refractivity contribution is -0.145. The fourth-order valence-corrected chi connectivity index (χ4v) is 2.31. The van der Waals surface area contributed by atoms with Crippen molar-refractivity contribution in [2.24, 2.45) is 5.92 Å². The van der Waals surface area contributed by atoms with Crippen LogP contribution in [0.5, 0.6) is 0 Å². The molecule has 1 aromatic carbocycles. The van der Waals surface area contributed by atoms with Crippen LogP contribution in [0.3, 0.4) is 0 Å². The zero-order chi connectivity index (χ0) is 21.7. The van der Waals surface area contributed by atoms with Crippen molar-refractivity contribution in [1.82, 2.24) is 5.32 Å². The number of ether oxygens (including phenoxy) is 1. The summed E-state index contributed by atoms with van der Waals surface area (Å²) in [6.45, 7) is 1.46. The molecule has 11 heteroatoms. The van der Waals surface area contributed by atoms with E-state index in [1.807, 2.05) is 6.07 Å². The highest BCUT2D eigenvalue weighted by Crippen LogP contribution is 2.36. The fourth-order valence-electron chi connectivity index (χ4n) is 2.31. The Hall–Kier alpha value is -2.77. The van der Waals surface area contributed by atoms with Crippen LogP contribution in [0, 0.1) is 17.2 Å². The first-order chi connectivity index (χ1) is 12.8. The fraction of sp³-hybridized carbons (Fsp3) is 0.471. The Labute approximate surface area is 156 Å². The van der Waals surface area contributed by atoms with Crippen LogP contribution in [-0.2, 0) is 33.1 Å². The van der Waals surface area contributed by atoms with Crippen LogP contribution < -0.4 is 5.32 Å². The molecule has 0 aliphatic carbocycles. The molecular weight excluding hydrogens is 394 g/mol. The van der Waals surface area contributed by atoms with Crippen molar-refractivity contribution in [3.63, 3.8) is 0 Å². The van der Waals surface area contributed by atoms with Gasteiger partial charge in [0.15, 0.2) is 0 Å². The molecule has 154 valence electrons. The predicted octanol–water partition coefficient (Wildman–Crippen LogP) is 3.47. The summed E-state index contributed by atoms with van der Waals surface area (Å²) in [5.74, 6) is -2.54. The van der Waals surface area contributed by atoms with Crippen LogP contribution in [0.25, 0.3) is 0 Å². The molecule has 2 atom stereocenters. The van der Waals surface area contributed by atoms with Crippen LogP contribution in [0.2, 0.25) is 0 Å². The summed E-state index contributed by atoms with van der Waals surface area (Å²) in [6, 6.07) is 1.39. The first-order valence-corrected chi connectivity index (χ1v) is 7.83. The van der Waals surface area contributed by atoms with E-state index in [1.54, 1.807) is 0 Å². The smallest absolute Gasteiger partial charge is 0.416 e. The van der Waals surface area contributed by atoms with Crippen molar-refractivity contribution in [3.8, 4) is 6.07 Å². The highest BCUT2D eigenvalue weighted by Gasteiger charge is 2.37. The second-order valence-electron chi connectivity index (χ2n) is 6.00. The number of benzene rings is 1. The van der Waals surface area contributed by atoms with Gasteiger partial charge in [-0.3, -0.25) is 4.79 Å². The largest absolute Gasteiger partial charge is 0.467 e. The zero-order valence-electron chi connectivity index (χ0n) is 14.7. The molecule has 0 aliphatic rings. The van der Waals surface area contributed by atoms with Crippen LogP contribution in [0.4, 0.5) is 26.3 Å². The van der Waals surface area contributed by atoms with E-state index in [1.165, 1.54) is 6.92 Å². The van der Waals surface area contributed by atoms with Gasteiger partial charge >= 0.3 is 18.3 Å². The van der Waals surface area contributed by atoms with E-state index in [0.29, 0.717) is 12.1 Å². The molecule has 0 radical (unpaired) electrons. The molecule has 0 aliphatic heterocycles. The number of halogens is 6. The van der Waals surface area contributed by atoms with Gasteiger partial charge < -0.3 is 10.1 Å². The van der Waals surface area contributed by atoms with E-state index in [4.69, 9.17) is 5.26 Å². The third kappa shape index (κ3) is 6.75. The number of esters is 1. The Balaban J connectivity index is 3.09. The second-order valence-corrected chi connectivity index (χ2v) is 6.00. The number of nitriles is 1. The Morgan fingerprint density at radius 2 is 1.61 bits per heavy atom. The van der Waals surface area contributed by atoms with E-state index >= 15 is 0 Å².